The van der Waals surface area contributed by atoms with Crippen LogP contribution in [-0.2, 0) is 9.53 Å². The zero-order chi connectivity index (χ0) is 12.1. The SMILES string of the molecule is CCC(C)N(CC)CC1CCC(C(=O)O)O1. The Balaban J connectivity index is 2.40. The maximum absolute atomic E-state index is 10.8. The fraction of sp³-hybridized carbons (Fsp3) is 0.917. The Bertz CT molecular complexity index is 232. The molecule has 0 aromatic carbocycles. The van der Waals surface area contributed by atoms with Gasteiger partial charge in [-0.1, -0.05) is 13.8 Å². The van der Waals surface area contributed by atoms with E-state index < -0.39 is 12.1 Å². The van der Waals surface area contributed by atoms with Crippen molar-refractivity contribution in [3.63, 3.8) is 0 Å². The highest BCUT2D eigenvalue weighted by Gasteiger charge is 2.31. The summed E-state index contributed by atoms with van der Waals surface area (Å²) >= 11 is 0. The van der Waals surface area contributed by atoms with E-state index in [1.165, 1.54) is 0 Å². The van der Waals surface area contributed by atoms with Crippen molar-refractivity contribution >= 4 is 5.97 Å². The van der Waals surface area contributed by atoms with Gasteiger partial charge in [-0.3, -0.25) is 4.90 Å². The number of carboxylic acid groups (broad SMARTS) is 1. The Morgan fingerprint density at radius 3 is 2.62 bits per heavy atom. The molecule has 0 spiro atoms. The predicted molar refractivity (Wildman–Crippen MR) is 62.5 cm³/mol. The molecule has 1 heterocycles. The van der Waals surface area contributed by atoms with E-state index in [2.05, 4.69) is 25.7 Å². The molecule has 1 rings (SSSR count). The molecule has 0 aromatic rings. The monoisotopic (exact) mass is 229 g/mol. The topological polar surface area (TPSA) is 49.8 Å². The molecule has 4 nitrogen and oxygen atoms in total. The van der Waals surface area contributed by atoms with E-state index in [1.54, 1.807) is 0 Å². The summed E-state index contributed by atoms with van der Waals surface area (Å²) in [6, 6.07) is 0.539. The fourth-order valence-corrected chi connectivity index (χ4v) is 2.16. The van der Waals surface area contributed by atoms with Crippen LogP contribution in [0.4, 0.5) is 0 Å². The second kappa shape index (κ2) is 6.21. The predicted octanol–water partition coefficient (Wildman–Crippen LogP) is 1.74. The molecule has 1 N–H and O–H groups in total. The number of likely N-dealkylation sites (N-methyl/N-ethyl adjacent to an activating group) is 1. The van der Waals surface area contributed by atoms with E-state index in [4.69, 9.17) is 9.84 Å². The van der Waals surface area contributed by atoms with Gasteiger partial charge in [-0.15, -0.1) is 0 Å². The Hall–Kier alpha value is -0.610. The smallest absolute Gasteiger partial charge is 0.332 e. The number of nitrogens with zero attached hydrogens (tertiary/aromatic N) is 1. The van der Waals surface area contributed by atoms with E-state index in [1.807, 2.05) is 0 Å². The van der Waals surface area contributed by atoms with Crippen molar-refractivity contribution in [2.75, 3.05) is 13.1 Å². The van der Waals surface area contributed by atoms with Gasteiger partial charge in [-0.25, -0.2) is 4.79 Å². The summed E-state index contributed by atoms with van der Waals surface area (Å²) < 4.78 is 5.51. The number of carboxylic acids is 1. The highest BCUT2D eigenvalue weighted by Crippen LogP contribution is 2.21. The maximum atomic E-state index is 10.8. The third-order valence-electron chi connectivity index (χ3n) is 3.44. The summed E-state index contributed by atoms with van der Waals surface area (Å²) in [7, 11) is 0. The minimum atomic E-state index is -0.825. The largest absolute Gasteiger partial charge is 0.479 e. The van der Waals surface area contributed by atoms with Gasteiger partial charge >= 0.3 is 5.97 Å². The van der Waals surface area contributed by atoms with Gasteiger partial charge in [0, 0.05) is 12.6 Å². The summed E-state index contributed by atoms with van der Waals surface area (Å²) in [5.41, 5.74) is 0. The lowest BCUT2D eigenvalue weighted by Gasteiger charge is -2.29. The quantitative estimate of drug-likeness (QED) is 0.753. The van der Waals surface area contributed by atoms with Gasteiger partial charge in [0.2, 0.25) is 0 Å². The molecule has 1 aliphatic heterocycles. The van der Waals surface area contributed by atoms with Gasteiger partial charge in [0.25, 0.3) is 0 Å². The van der Waals surface area contributed by atoms with Crippen LogP contribution in [0.25, 0.3) is 0 Å². The zero-order valence-electron chi connectivity index (χ0n) is 10.5. The van der Waals surface area contributed by atoms with Crippen molar-refractivity contribution in [3.05, 3.63) is 0 Å². The van der Waals surface area contributed by atoms with Crippen LogP contribution in [0.15, 0.2) is 0 Å². The molecule has 94 valence electrons. The number of hydrogen-bond donors (Lipinski definition) is 1. The first-order valence-corrected chi connectivity index (χ1v) is 6.20. The average Bonchev–Trinajstić information content (AvgIpc) is 2.73. The molecule has 16 heavy (non-hydrogen) atoms. The average molecular weight is 229 g/mol. The summed E-state index contributed by atoms with van der Waals surface area (Å²) in [6.07, 6.45) is 2.14. The van der Waals surface area contributed by atoms with Crippen molar-refractivity contribution in [1.82, 2.24) is 4.90 Å². The Morgan fingerprint density at radius 2 is 2.19 bits per heavy atom. The van der Waals surface area contributed by atoms with Crippen molar-refractivity contribution < 1.29 is 14.6 Å². The van der Waals surface area contributed by atoms with E-state index in [9.17, 15) is 4.79 Å². The molecule has 0 bridgehead atoms. The van der Waals surface area contributed by atoms with Crippen LogP contribution < -0.4 is 0 Å². The maximum Gasteiger partial charge on any atom is 0.332 e. The minimum Gasteiger partial charge on any atom is -0.479 e. The number of aliphatic carboxylic acids is 1. The third-order valence-corrected chi connectivity index (χ3v) is 3.44. The first-order chi connectivity index (χ1) is 7.58. The fourth-order valence-electron chi connectivity index (χ4n) is 2.16. The Kier molecular flexibility index (Phi) is 5.22. The second-order valence-corrected chi connectivity index (χ2v) is 4.51. The van der Waals surface area contributed by atoms with Gasteiger partial charge in [0.05, 0.1) is 6.10 Å². The zero-order valence-corrected chi connectivity index (χ0v) is 10.5. The normalized spacial score (nSPS) is 27.2. The van der Waals surface area contributed by atoms with E-state index in [0.717, 1.165) is 25.9 Å². The summed E-state index contributed by atoms with van der Waals surface area (Å²) in [5, 5.41) is 8.84. The standard InChI is InChI=1S/C12H23NO3/c1-4-9(3)13(5-2)8-10-6-7-11(16-10)12(14)15/h9-11H,4-8H2,1-3H3,(H,14,15). The second-order valence-electron chi connectivity index (χ2n) is 4.51. The number of hydrogen-bond acceptors (Lipinski definition) is 3. The molecule has 3 atom stereocenters. The van der Waals surface area contributed by atoms with Crippen molar-refractivity contribution in [3.8, 4) is 0 Å². The molecule has 0 aliphatic carbocycles. The van der Waals surface area contributed by atoms with Crippen LogP contribution in [0.2, 0.25) is 0 Å². The number of ether oxygens (including phenoxy) is 1. The van der Waals surface area contributed by atoms with Crippen LogP contribution in [-0.4, -0.2) is 47.3 Å². The lowest BCUT2D eigenvalue weighted by molar-refractivity contribution is -0.149. The molecule has 0 aromatic heterocycles. The molecule has 1 aliphatic rings. The Labute approximate surface area is 97.6 Å². The lowest BCUT2D eigenvalue weighted by atomic mass is 10.1. The highest BCUT2D eigenvalue weighted by molar-refractivity contribution is 5.72. The van der Waals surface area contributed by atoms with Gasteiger partial charge in [-0.05, 0) is 32.7 Å². The van der Waals surface area contributed by atoms with E-state index in [0.29, 0.717) is 12.5 Å². The summed E-state index contributed by atoms with van der Waals surface area (Å²) in [5.74, 6) is -0.825. The van der Waals surface area contributed by atoms with Gasteiger partial charge in [-0.2, -0.15) is 0 Å². The van der Waals surface area contributed by atoms with Crippen LogP contribution in [0.1, 0.15) is 40.0 Å². The molecule has 0 radical (unpaired) electrons. The molecular weight excluding hydrogens is 206 g/mol. The molecule has 1 saturated heterocycles. The molecule has 1 fully saturated rings. The molecule has 3 unspecified atom stereocenters. The Morgan fingerprint density at radius 1 is 1.50 bits per heavy atom. The number of rotatable bonds is 6. The van der Waals surface area contributed by atoms with Crippen molar-refractivity contribution in [1.29, 1.82) is 0 Å². The van der Waals surface area contributed by atoms with Crippen LogP contribution in [0, 0.1) is 0 Å². The summed E-state index contributed by atoms with van der Waals surface area (Å²) in [6.45, 7) is 8.35. The van der Waals surface area contributed by atoms with Crippen LogP contribution in [0.5, 0.6) is 0 Å². The third kappa shape index (κ3) is 3.46. The molecule has 4 heteroatoms. The van der Waals surface area contributed by atoms with Crippen molar-refractivity contribution in [2.45, 2.75) is 58.3 Å². The summed E-state index contributed by atoms with van der Waals surface area (Å²) in [4.78, 5) is 13.1. The molecule has 0 saturated carbocycles. The van der Waals surface area contributed by atoms with Gasteiger partial charge < -0.3 is 9.84 Å². The van der Waals surface area contributed by atoms with Gasteiger partial charge in [0.1, 0.15) is 0 Å². The first-order valence-electron chi connectivity index (χ1n) is 6.20. The lowest BCUT2D eigenvalue weighted by Crippen LogP contribution is -2.39. The first kappa shape index (κ1) is 13.5. The minimum absolute atomic E-state index is 0.0926. The van der Waals surface area contributed by atoms with Gasteiger partial charge in [0.15, 0.2) is 6.10 Å². The van der Waals surface area contributed by atoms with Crippen LogP contribution >= 0.6 is 0 Å². The molecule has 0 amide bonds. The highest BCUT2D eigenvalue weighted by atomic mass is 16.5. The van der Waals surface area contributed by atoms with E-state index >= 15 is 0 Å². The van der Waals surface area contributed by atoms with E-state index in [-0.39, 0.29) is 6.10 Å². The number of carbonyl (C=O) groups is 1. The van der Waals surface area contributed by atoms with Crippen molar-refractivity contribution in [2.24, 2.45) is 0 Å². The molecular formula is C12H23NO3. The van der Waals surface area contributed by atoms with Crippen LogP contribution in [0.3, 0.4) is 0 Å².